The van der Waals surface area contributed by atoms with Gasteiger partial charge < -0.3 is 16.2 Å². The summed E-state index contributed by atoms with van der Waals surface area (Å²) in [4.78, 5) is 12.0. The molecule has 0 heterocycles. The van der Waals surface area contributed by atoms with Crippen molar-refractivity contribution in [2.45, 2.75) is 17.6 Å². The van der Waals surface area contributed by atoms with Gasteiger partial charge in [0.05, 0.1) is 5.69 Å². The number of benzene rings is 2. The molecule has 1 amide bonds. The van der Waals surface area contributed by atoms with E-state index in [1.807, 2.05) is 30.3 Å². The first kappa shape index (κ1) is 14.3. The molecule has 0 aliphatic rings. The van der Waals surface area contributed by atoms with Crippen molar-refractivity contribution in [2.75, 3.05) is 11.1 Å². The summed E-state index contributed by atoms with van der Waals surface area (Å²) in [7, 11) is 0. The number of carbonyl (C=O) groups is 1. The largest absolute Gasteiger partial charge is 0.506 e. The Labute approximate surface area is 122 Å². The lowest BCUT2D eigenvalue weighted by atomic mass is 10.2. The van der Waals surface area contributed by atoms with Gasteiger partial charge in [-0.15, -0.1) is 11.8 Å². The summed E-state index contributed by atoms with van der Waals surface area (Å²) >= 11 is 1.67. The third kappa shape index (κ3) is 3.93. The summed E-state index contributed by atoms with van der Waals surface area (Å²) in [5.41, 5.74) is 7.89. The van der Waals surface area contributed by atoms with Gasteiger partial charge in [0.1, 0.15) is 5.75 Å². The summed E-state index contributed by atoms with van der Waals surface area (Å²) in [6.45, 7) is 1.48. The highest BCUT2D eigenvalue weighted by Crippen LogP contribution is 2.27. The number of nitrogens with two attached hydrogens (primary N) is 1. The molecule has 0 atom stereocenters. The van der Waals surface area contributed by atoms with Crippen molar-refractivity contribution in [2.24, 2.45) is 0 Å². The number of thioether (sulfide) groups is 1. The molecule has 0 spiro atoms. The molecule has 2 rings (SSSR count). The molecule has 5 heteroatoms. The Kier molecular flexibility index (Phi) is 4.53. The smallest absolute Gasteiger partial charge is 0.221 e. The number of anilines is 2. The fraction of sp³-hybridized carbons (Fsp3) is 0.133. The lowest BCUT2D eigenvalue weighted by molar-refractivity contribution is -0.114. The zero-order valence-corrected chi connectivity index (χ0v) is 11.9. The maximum absolute atomic E-state index is 10.9. The van der Waals surface area contributed by atoms with E-state index in [4.69, 9.17) is 5.73 Å². The highest BCUT2D eigenvalue weighted by Gasteiger charge is 2.01. The van der Waals surface area contributed by atoms with Crippen LogP contribution in [0.2, 0.25) is 0 Å². The van der Waals surface area contributed by atoms with Gasteiger partial charge in [0.15, 0.2) is 0 Å². The van der Waals surface area contributed by atoms with Crippen molar-refractivity contribution >= 4 is 29.0 Å². The van der Waals surface area contributed by atoms with E-state index in [0.29, 0.717) is 5.69 Å². The molecule has 0 unspecified atom stereocenters. The van der Waals surface area contributed by atoms with Crippen molar-refractivity contribution in [1.29, 1.82) is 0 Å². The minimum absolute atomic E-state index is 0.0787. The Bertz CT molecular complexity index is 612. The van der Waals surface area contributed by atoms with Gasteiger partial charge >= 0.3 is 0 Å². The molecule has 20 heavy (non-hydrogen) atoms. The Hall–Kier alpha value is -2.14. The first-order chi connectivity index (χ1) is 9.54. The molecule has 0 aliphatic heterocycles. The third-order valence-corrected chi connectivity index (χ3v) is 3.76. The fourth-order valence-electron chi connectivity index (χ4n) is 1.70. The normalized spacial score (nSPS) is 10.2. The van der Waals surface area contributed by atoms with Crippen molar-refractivity contribution in [1.82, 2.24) is 0 Å². The average Bonchev–Trinajstić information content (AvgIpc) is 2.41. The molecule has 0 aliphatic carbocycles. The van der Waals surface area contributed by atoms with Gasteiger partial charge in [-0.25, -0.2) is 0 Å². The maximum atomic E-state index is 10.9. The van der Waals surface area contributed by atoms with E-state index in [0.717, 1.165) is 21.9 Å². The Morgan fingerprint density at radius 2 is 1.95 bits per heavy atom. The van der Waals surface area contributed by atoms with Crippen molar-refractivity contribution in [3.05, 3.63) is 48.0 Å². The highest BCUT2D eigenvalue weighted by atomic mass is 32.2. The topological polar surface area (TPSA) is 75.3 Å². The second kappa shape index (κ2) is 6.34. The van der Waals surface area contributed by atoms with Gasteiger partial charge in [0, 0.05) is 23.3 Å². The minimum atomic E-state index is -0.0787. The lowest BCUT2D eigenvalue weighted by Crippen LogP contribution is -2.05. The molecule has 2 aromatic rings. The number of nitrogens with one attached hydrogen (secondary N) is 1. The van der Waals surface area contributed by atoms with E-state index in [1.165, 1.54) is 6.92 Å². The number of carbonyl (C=O) groups excluding carboxylic acids is 1. The zero-order chi connectivity index (χ0) is 14.5. The van der Waals surface area contributed by atoms with Gasteiger partial charge in [-0.3, -0.25) is 4.79 Å². The predicted molar refractivity (Wildman–Crippen MR) is 82.8 cm³/mol. The number of nitrogen functional groups attached to an aromatic ring is 1. The summed E-state index contributed by atoms with van der Waals surface area (Å²) in [5.74, 6) is 0.799. The van der Waals surface area contributed by atoms with E-state index >= 15 is 0 Å². The van der Waals surface area contributed by atoms with Crippen LogP contribution in [-0.2, 0) is 10.5 Å². The second-order valence-electron chi connectivity index (χ2n) is 4.39. The summed E-state index contributed by atoms with van der Waals surface area (Å²) in [6.07, 6.45) is 0. The average molecular weight is 288 g/mol. The second-order valence-corrected chi connectivity index (χ2v) is 5.44. The van der Waals surface area contributed by atoms with Crippen LogP contribution in [0.4, 0.5) is 11.4 Å². The van der Waals surface area contributed by atoms with Crippen LogP contribution in [0, 0.1) is 0 Å². The van der Waals surface area contributed by atoms with Crippen LogP contribution in [0.3, 0.4) is 0 Å². The van der Waals surface area contributed by atoms with E-state index in [-0.39, 0.29) is 11.7 Å². The molecule has 104 valence electrons. The molecule has 0 saturated heterocycles. The van der Waals surface area contributed by atoms with Crippen LogP contribution in [0.15, 0.2) is 47.4 Å². The maximum Gasteiger partial charge on any atom is 0.221 e. The van der Waals surface area contributed by atoms with E-state index in [1.54, 1.807) is 23.9 Å². The van der Waals surface area contributed by atoms with Crippen LogP contribution in [0.5, 0.6) is 5.75 Å². The van der Waals surface area contributed by atoms with E-state index in [2.05, 4.69) is 5.32 Å². The Morgan fingerprint density at radius 3 is 2.55 bits per heavy atom. The summed E-state index contributed by atoms with van der Waals surface area (Å²) < 4.78 is 0. The van der Waals surface area contributed by atoms with Crippen molar-refractivity contribution in [3.8, 4) is 5.75 Å². The molecule has 0 radical (unpaired) electrons. The van der Waals surface area contributed by atoms with Crippen molar-refractivity contribution in [3.63, 3.8) is 0 Å². The van der Waals surface area contributed by atoms with Gasteiger partial charge in [0.25, 0.3) is 0 Å². The number of phenolic OH excluding ortho intramolecular Hbond substituents is 1. The highest BCUT2D eigenvalue weighted by molar-refractivity contribution is 7.98. The fourth-order valence-corrected chi connectivity index (χ4v) is 2.54. The third-order valence-electron chi connectivity index (χ3n) is 2.67. The van der Waals surface area contributed by atoms with Gasteiger partial charge in [-0.1, -0.05) is 6.07 Å². The zero-order valence-electron chi connectivity index (χ0n) is 11.1. The van der Waals surface area contributed by atoms with E-state index in [9.17, 15) is 9.90 Å². The van der Waals surface area contributed by atoms with Crippen molar-refractivity contribution < 1.29 is 9.90 Å². The molecule has 4 nitrogen and oxygen atoms in total. The molecule has 0 saturated carbocycles. The number of rotatable bonds is 4. The monoisotopic (exact) mass is 288 g/mol. The van der Waals surface area contributed by atoms with Crippen LogP contribution >= 0.6 is 11.8 Å². The summed E-state index contributed by atoms with van der Waals surface area (Å²) in [5, 5.41) is 12.1. The van der Waals surface area contributed by atoms with Gasteiger partial charge in [-0.2, -0.15) is 0 Å². The molecular weight excluding hydrogens is 272 g/mol. The van der Waals surface area contributed by atoms with Crippen LogP contribution < -0.4 is 11.1 Å². The number of hydrogen-bond acceptors (Lipinski definition) is 4. The molecule has 4 N–H and O–H groups in total. The summed E-state index contributed by atoms with van der Waals surface area (Å²) in [6, 6.07) is 12.9. The number of hydrogen-bond donors (Lipinski definition) is 3. The molecule has 0 bridgehead atoms. The SMILES string of the molecule is CC(=O)Nc1ccc(SCc2ccc(O)c(N)c2)cc1. The van der Waals surface area contributed by atoms with Crippen LogP contribution in [0.25, 0.3) is 0 Å². The number of aromatic hydroxyl groups is 1. The number of phenols is 1. The van der Waals surface area contributed by atoms with Gasteiger partial charge in [0.2, 0.25) is 5.91 Å². The van der Waals surface area contributed by atoms with E-state index < -0.39 is 0 Å². The first-order valence-corrected chi connectivity index (χ1v) is 7.11. The molecule has 2 aromatic carbocycles. The van der Waals surface area contributed by atoms with Crippen LogP contribution in [-0.4, -0.2) is 11.0 Å². The molecular formula is C15H16N2O2S. The minimum Gasteiger partial charge on any atom is -0.506 e. The quantitative estimate of drug-likeness (QED) is 0.459. The van der Waals surface area contributed by atoms with Gasteiger partial charge in [-0.05, 0) is 42.0 Å². The first-order valence-electron chi connectivity index (χ1n) is 6.12. The van der Waals surface area contributed by atoms with Crippen LogP contribution in [0.1, 0.15) is 12.5 Å². The lowest BCUT2D eigenvalue weighted by Gasteiger charge is -2.06. The Morgan fingerprint density at radius 1 is 1.25 bits per heavy atom. The Balaban J connectivity index is 1.96. The number of amides is 1. The molecule has 0 fully saturated rings. The standard InChI is InChI=1S/C15H16N2O2S/c1-10(18)17-12-3-5-13(6-4-12)20-9-11-2-7-15(19)14(16)8-11/h2-8,19H,9,16H2,1H3,(H,17,18). The predicted octanol–water partition coefficient (Wildman–Crippen LogP) is 3.23. The molecule has 0 aromatic heterocycles.